The highest BCUT2D eigenvalue weighted by Gasteiger charge is 2.33. The Kier molecular flexibility index (Phi) is 7.51. The molecule has 3 rings (SSSR count). The number of carbonyl (C=O) groups excluding carboxylic acids is 2. The van der Waals surface area contributed by atoms with E-state index in [1.54, 1.807) is 4.90 Å². The number of nitrogens with zero attached hydrogens (tertiary/aromatic N) is 4. The number of hydrogen-bond donors (Lipinski definition) is 1. The standard InChI is InChI=1S/C21H23N5O7/c1-33-21(28)17-11-16(25(29)30)12-18(26(31)32)20(17)24-9-7-23(8-10-24)14-19(27)22-13-15-5-3-2-4-6-15/h2-6,11-12H,7-10,13-14H2,1H3,(H,22,27). The smallest absolute Gasteiger partial charge is 0.340 e. The minimum absolute atomic E-state index is 0.0226. The third-order valence-electron chi connectivity index (χ3n) is 5.28. The Morgan fingerprint density at radius 1 is 1.03 bits per heavy atom. The van der Waals surface area contributed by atoms with Crippen molar-refractivity contribution in [1.29, 1.82) is 0 Å². The highest BCUT2D eigenvalue weighted by molar-refractivity contribution is 5.99. The van der Waals surface area contributed by atoms with Crippen LogP contribution in [0.25, 0.3) is 0 Å². The molecule has 0 unspecified atom stereocenters. The number of nitro benzene ring substituents is 2. The summed E-state index contributed by atoms with van der Waals surface area (Å²) in [6, 6.07) is 11.3. The zero-order chi connectivity index (χ0) is 24.0. The maximum atomic E-state index is 12.3. The number of carbonyl (C=O) groups is 2. The Bertz CT molecular complexity index is 1050. The largest absolute Gasteiger partial charge is 0.465 e. The van der Waals surface area contributed by atoms with E-state index in [-0.39, 0.29) is 36.8 Å². The molecule has 33 heavy (non-hydrogen) atoms. The van der Waals surface area contributed by atoms with Crippen LogP contribution < -0.4 is 10.2 Å². The summed E-state index contributed by atoms with van der Waals surface area (Å²) in [6.07, 6.45) is 0. The number of esters is 1. The van der Waals surface area contributed by atoms with E-state index in [2.05, 4.69) is 5.32 Å². The lowest BCUT2D eigenvalue weighted by Crippen LogP contribution is -2.49. The van der Waals surface area contributed by atoms with Gasteiger partial charge in [-0.05, 0) is 5.56 Å². The normalized spacial score (nSPS) is 13.9. The van der Waals surface area contributed by atoms with E-state index >= 15 is 0 Å². The molecule has 1 fully saturated rings. The van der Waals surface area contributed by atoms with Crippen LogP contribution in [0.15, 0.2) is 42.5 Å². The lowest BCUT2D eigenvalue weighted by Gasteiger charge is -2.35. The summed E-state index contributed by atoms with van der Waals surface area (Å²) in [4.78, 5) is 49.3. The quantitative estimate of drug-likeness (QED) is 0.355. The van der Waals surface area contributed by atoms with E-state index < -0.39 is 27.2 Å². The number of methoxy groups -OCH3 is 1. The van der Waals surface area contributed by atoms with Crippen LogP contribution in [-0.4, -0.2) is 66.5 Å². The van der Waals surface area contributed by atoms with E-state index in [1.165, 1.54) is 0 Å². The molecule has 1 amide bonds. The summed E-state index contributed by atoms with van der Waals surface area (Å²) >= 11 is 0. The summed E-state index contributed by atoms with van der Waals surface area (Å²) in [6.45, 7) is 1.97. The molecule has 0 atom stereocenters. The van der Waals surface area contributed by atoms with Crippen LogP contribution in [0.4, 0.5) is 17.1 Å². The second kappa shape index (κ2) is 10.5. The van der Waals surface area contributed by atoms with E-state index in [1.807, 2.05) is 35.2 Å². The van der Waals surface area contributed by atoms with E-state index in [9.17, 15) is 29.8 Å². The van der Waals surface area contributed by atoms with Crippen molar-refractivity contribution >= 4 is 28.9 Å². The monoisotopic (exact) mass is 457 g/mol. The number of benzene rings is 2. The van der Waals surface area contributed by atoms with Crippen LogP contribution in [0.3, 0.4) is 0 Å². The average Bonchev–Trinajstić information content (AvgIpc) is 2.82. The summed E-state index contributed by atoms with van der Waals surface area (Å²) in [5, 5.41) is 25.7. The lowest BCUT2D eigenvalue weighted by atomic mass is 10.1. The van der Waals surface area contributed by atoms with Crippen LogP contribution in [0.5, 0.6) is 0 Å². The summed E-state index contributed by atoms with van der Waals surface area (Å²) in [5.41, 5.74) is -0.396. The molecule has 1 N–H and O–H groups in total. The van der Waals surface area contributed by atoms with Crippen LogP contribution >= 0.6 is 0 Å². The van der Waals surface area contributed by atoms with Crippen molar-refractivity contribution < 1.29 is 24.2 Å². The molecule has 174 valence electrons. The molecule has 1 aliphatic rings. The average molecular weight is 457 g/mol. The Balaban J connectivity index is 1.70. The maximum absolute atomic E-state index is 12.3. The Morgan fingerprint density at radius 2 is 1.70 bits per heavy atom. The maximum Gasteiger partial charge on any atom is 0.340 e. The Morgan fingerprint density at radius 3 is 2.27 bits per heavy atom. The van der Waals surface area contributed by atoms with Gasteiger partial charge in [0.15, 0.2) is 0 Å². The zero-order valence-corrected chi connectivity index (χ0v) is 17.9. The van der Waals surface area contributed by atoms with Crippen molar-refractivity contribution in [3.8, 4) is 0 Å². The van der Waals surface area contributed by atoms with Gasteiger partial charge in [0, 0.05) is 38.8 Å². The molecule has 0 aliphatic carbocycles. The molecule has 0 aromatic heterocycles. The van der Waals surface area contributed by atoms with Gasteiger partial charge < -0.3 is 15.0 Å². The highest BCUT2D eigenvalue weighted by Crippen LogP contribution is 2.37. The topological polar surface area (TPSA) is 148 Å². The van der Waals surface area contributed by atoms with Gasteiger partial charge in [0.05, 0.1) is 35.1 Å². The molecule has 0 spiro atoms. The molecule has 2 aromatic rings. The van der Waals surface area contributed by atoms with Gasteiger partial charge in [0.1, 0.15) is 5.69 Å². The lowest BCUT2D eigenvalue weighted by molar-refractivity contribution is -0.393. The van der Waals surface area contributed by atoms with Gasteiger partial charge in [-0.1, -0.05) is 30.3 Å². The number of anilines is 1. The summed E-state index contributed by atoms with van der Waals surface area (Å²) in [5.74, 6) is -1.05. The molecule has 2 aromatic carbocycles. The first-order chi connectivity index (χ1) is 15.8. The first-order valence-corrected chi connectivity index (χ1v) is 10.1. The molecule has 0 saturated carbocycles. The number of ether oxygens (including phenoxy) is 1. The van der Waals surface area contributed by atoms with Crippen LogP contribution in [-0.2, 0) is 16.1 Å². The molecule has 1 saturated heterocycles. The van der Waals surface area contributed by atoms with Crippen LogP contribution in [0.1, 0.15) is 15.9 Å². The molecule has 0 radical (unpaired) electrons. The van der Waals surface area contributed by atoms with Crippen molar-refractivity contribution in [2.75, 3.05) is 44.7 Å². The van der Waals surface area contributed by atoms with Gasteiger partial charge in [0.2, 0.25) is 5.91 Å². The van der Waals surface area contributed by atoms with Crippen molar-refractivity contribution in [1.82, 2.24) is 10.2 Å². The third kappa shape index (κ3) is 5.80. The number of amides is 1. The van der Waals surface area contributed by atoms with Crippen molar-refractivity contribution in [3.63, 3.8) is 0 Å². The fraction of sp³-hybridized carbons (Fsp3) is 0.333. The Labute approximate surface area is 189 Å². The summed E-state index contributed by atoms with van der Waals surface area (Å²) < 4.78 is 4.70. The van der Waals surface area contributed by atoms with Gasteiger partial charge >= 0.3 is 5.97 Å². The minimum Gasteiger partial charge on any atom is -0.465 e. The van der Waals surface area contributed by atoms with E-state index in [0.717, 1.165) is 24.8 Å². The molecule has 1 heterocycles. The van der Waals surface area contributed by atoms with Gasteiger partial charge in [-0.15, -0.1) is 0 Å². The fourth-order valence-electron chi connectivity index (χ4n) is 3.63. The second-order valence-corrected chi connectivity index (χ2v) is 7.39. The van der Waals surface area contributed by atoms with Gasteiger partial charge in [0.25, 0.3) is 11.4 Å². The first-order valence-electron chi connectivity index (χ1n) is 10.1. The van der Waals surface area contributed by atoms with Crippen molar-refractivity contribution in [2.24, 2.45) is 0 Å². The van der Waals surface area contributed by atoms with Crippen molar-refractivity contribution in [2.45, 2.75) is 6.54 Å². The first kappa shape index (κ1) is 23.6. The third-order valence-corrected chi connectivity index (χ3v) is 5.28. The van der Waals surface area contributed by atoms with E-state index in [0.29, 0.717) is 19.6 Å². The number of nitrogens with one attached hydrogen (secondary N) is 1. The summed E-state index contributed by atoms with van der Waals surface area (Å²) in [7, 11) is 1.10. The second-order valence-electron chi connectivity index (χ2n) is 7.39. The number of piperazine rings is 1. The molecule has 1 aliphatic heterocycles. The van der Waals surface area contributed by atoms with Gasteiger partial charge in [-0.2, -0.15) is 0 Å². The van der Waals surface area contributed by atoms with Gasteiger partial charge in [-0.25, -0.2) is 4.79 Å². The van der Waals surface area contributed by atoms with Gasteiger partial charge in [-0.3, -0.25) is 29.9 Å². The number of hydrogen-bond acceptors (Lipinski definition) is 9. The predicted molar refractivity (Wildman–Crippen MR) is 118 cm³/mol. The van der Waals surface area contributed by atoms with Crippen LogP contribution in [0.2, 0.25) is 0 Å². The molecule has 12 nitrogen and oxygen atoms in total. The Hall–Kier alpha value is -4.06. The fourth-order valence-corrected chi connectivity index (χ4v) is 3.63. The molecule has 0 bridgehead atoms. The van der Waals surface area contributed by atoms with Crippen molar-refractivity contribution in [3.05, 3.63) is 73.8 Å². The SMILES string of the molecule is COC(=O)c1cc([N+](=O)[O-])cc([N+](=O)[O-])c1N1CCN(CC(=O)NCc2ccccc2)CC1. The zero-order valence-electron chi connectivity index (χ0n) is 17.9. The molecule has 12 heteroatoms. The number of nitro groups is 2. The van der Waals surface area contributed by atoms with E-state index in [4.69, 9.17) is 4.74 Å². The highest BCUT2D eigenvalue weighted by atomic mass is 16.6. The predicted octanol–water partition coefficient (Wildman–Crippen LogP) is 1.73. The number of rotatable bonds is 8. The molecular weight excluding hydrogens is 434 g/mol. The minimum atomic E-state index is -0.903. The van der Waals surface area contributed by atoms with Crippen LogP contribution in [0, 0.1) is 20.2 Å². The molecular formula is C21H23N5O7. The number of non-ortho nitro benzene ring substituents is 1.